The van der Waals surface area contributed by atoms with Gasteiger partial charge in [-0.15, -0.1) is 6.58 Å². The molecular weight excluding hydrogens is 456 g/mol. The number of halogens is 1. The van der Waals surface area contributed by atoms with E-state index < -0.39 is 35.6 Å². The molecule has 0 aliphatic carbocycles. The number of carboxylic acid groups (broad SMARTS) is 1. The fraction of sp³-hybridized carbons (Fsp3) is 0.762. The number of unbranched alkanes of at least 4 members (excludes halogenated alkanes) is 2. The van der Waals surface area contributed by atoms with Crippen molar-refractivity contribution >= 4 is 33.7 Å². The largest absolute Gasteiger partial charge is 0.481 e. The minimum atomic E-state index is -1.14. The predicted octanol–water partition coefficient (Wildman–Crippen LogP) is 1.41. The topological polar surface area (TPSA) is 107 Å². The highest BCUT2D eigenvalue weighted by molar-refractivity contribution is 9.09. The van der Waals surface area contributed by atoms with Gasteiger partial charge in [0.2, 0.25) is 11.8 Å². The van der Waals surface area contributed by atoms with E-state index in [9.17, 15) is 19.5 Å². The van der Waals surface area contributed by atoms with Gasteiger partial charge in [0.15, 0.2) is 0 Å². The van der Waals surface area contributed by atoms with Crippen molar-refractivity contribution in [2.24, 2.45) is 11.8 Å². The number of hydrogen-bond donors (Lipinski definition) is 2. The standard InChI is InChI=1S/C21H31BrN2O6/c1-3-5-9-23(8-4-2)19(27)17-21-12-13(22)16(30-21)14(20(28)29)15(21)18(26)24(17)10-6-7-11-25/h4,13-17,25H,2-3,5-12H2,1H3,(H,28,29)/t13?,14-,15+,16-,17-,21+/m0/s1. The van der Waals surface area contributed by atoms with E-state index in [0.717, 1.165) is 12.8 Å². The van der Waals surface area contributed by atoms with Crippen LogP contribution in [0.2, 0.25) is 0 Å². The second kappa shape index (κ2) is 9.36. The van der Waals surface area contributed by atoms with Crippen LogP contribution in [-0.4, -0.2) is 86.6 Å². The summed E-state index contributed by atoms with van der Waals surface area (Å²) in [5.74, 6) is -3.45. The molecule has 2 amide bonds. The number of nitrogens with zero attached hydrogens (tertiary/aromatic N) is 2. The monoisotopic (exact) mass is 486 g/mol. The van der Waals surface area contributed by atoms with Crippen molar-refractivity contribution in [1.29, 1.82) is 0 Å². The number of rotatable bonds is 11. The van der Waals surface area contributed by atoms with Crippen molar-refractivity contribution < 1.29 is 29.3 Å². The summed E-state index contributed by atoms with van der Waals surface area (Å²) in [5.41, 5.74) is -1.14. The van der Waals surface area contributed by atoms with Crippen LogP contribution in [0.4, 0.5) is 0 Å². The van der Waals surface area contributed by atoms with Crippen molar-refractivity contribution in [2.75, 3.05) is 26.2 Å². The summed E-state index contributed by atoms with van der Waals surface area (Å²) in [4.78, 5) is 42.2. The number of amides is 2. The molecule has 3 rings (SSSR count). The molecule has 8 nitrogen and oxygen atoms in total. The third kappa shape index (κ3) is 3.69. The van der Waals surface area contributed by atoms with Crippen molar-refractivity contribution in [3.8, 4) is 0 Å². The van der Waals surface area contributed by atoms with Gasteiger partial charge < -0.3 is 24.7 Å². The van der Waals surface area contributed by atoms with Gasteiger partial charge in [0, 0.05) is 31.1 Å². The number of aliphatic hydroxyl groups is 1. The number of fused-ring (bicyclic) bond motifs is 1. The molecule has 3 aliphatic rings. The average Bonchev–Trinajstić information content (AvgIpc) is 3.29. The van der Waals surface area contributed by atoms with Crippen LogP contribution < -0.4 is 0 Å². The minimum Gasteiger partial charge on any atom is -0.481 e. The molecule has 0 aromatic rings. The van der Waals surface area contributed by atoms with Gasteiger partial charge in [0.25, 0.3) is 0 Å². The van der Waals surface area contributed by atoms with E-state index in [1.165, 1.54) is 4.90 Å². The smallest absolute Gasteiger partial charge is 0.310 e. The Morgan fingerprint density at radius 2 is 2.13 bits per heavy atom. The first-order valence-electron chi connectivity index (χ1n) is 10.7. The summed E-state index contributed by atoms with van der Waals surface area (Å²) in [6.45, 7) is 6.98. The van der Waals surface area contributed by atoms with Crippen molar-refractivity contribution in [3.63, 3.8) is 0 Å². The quantitative estimate of drug-likeness (QED) is 0.259. The summed E-state index contributed by atoms with van der Waals surface area (Å²) in [7, 11) is 0. The molecule has 168 valence electrons. The molecular formula is C21H31BrN2O6. The normalized spacial score (nSPS) is 34.3. The fourth-order valence-corrected chi connectivity index (χ4v) is 6.24. The van der Waals surface area contributed by atoms with Gasteiger partial charge in [-0.05, 0) is 25.7 Å². The van der Waals surface area contributed by atoms with Crippen molar-refractivity contribution in [2.45, 2.75) is 61.6 Å². The van der Waals surface area contributed by atoms with Crippen LogP contribution in [0.3, 0.4) is 0 Å². The Bertz CT molecular complexity index is 703. The Hall–Kier alpha value is -1.45. The second-order valence-electron chi connectivity index (χ2n) is 8.39. The third-order valence-corrected chi connectivity index (χ3v) is 7.40. The van der Waals surface area contributed by atoms with Crippen molar-refractivity contribution in [3.05, 3.63) is 12.7 Å². The van der Waals surface area contributed by atoms with E-state index in [0.29, 0.717) is 32.4 Å². The average molecular weight is 487 g/mol. The molecule has 30 heavy (non-hydrogen) atoms. The summed E-state index contributed by atoms with van der Waals surface area (Å²) in [6.07, 6.45) is 4.22. The Kier molecular flexibility index (Phi) is 7.24. The first kappa shape index (κ1) is 23.2. The highest BCUT2D eigenvalue weighted by Gasteiger charge is 2.76. The molecule has 3 heterocycles. The maximum atomic E-state index is 13.7. The number of likely N-dealkylation sites (tertiary alicyclic amines) is 1. The highest BCUT2D eigenvalue weighted by atomic mass is 79.9. The van der Waals surface area contributed by atoms with Crippen LogP contribution >= 0.6 is 15.9 Å². The van der Waals surface area contributed by atoms with Crippen LogP contribution in [-0.2, 0) is 19.1 Å². The Morgan fingerprint density at radius 3 is 2.73 bits per heavy atom. The summed E-state index contributed by atoms with van der Waals surface area (Å²) < 4.78 is 6.23. The maximum Gasteiger partial charge on any atom is 0.310 e. The molecule has 6 atom stereocenters. The number of carboxylic acids is 1. The van der Waals surface area contributed by atoms with E-state index in [2.05, 4.69) is 22.5 Å². The maximum absolute atomic E-state index is 13.7. The van der Waals surface area contributed by atoms with Crippen LogP contribution in [0.1, 0.15) is 39.0 Å². The molecule has 2 bridgehead atoms. The Morgan fingerprint density at radius 1 is 1.40 bits per heavy atom. The van der Waals surface area contributed by atoms with Gasteiger partial charge in [-0.1, -0.05) is 35.4 Å². The second-order valence-corrected chi connectivity index (χ2v) is 9.57. The van der Waals surface area contributed by atoms with E-state index in [-0.39, 0.29) is 29.8 Å². The molecule has 2 N–H and O–H groups in total. The lowest BCUT2D eigenvalue weighted by atomic mass is 9.70. The molecule has 0 radical (unpaired) electrons. The van der Waals surface area contributed by atoms with Crippen LogP contribution in [0.5, 0.6) is 0 Å². The van der Waals surface area contributed by atoms with Crippen LogP contribution in [0.15, 0.2) is 12.7 Å². The number of aliphatic carboxylic acids is 1. The van der Waals surface area contributed by atoms with Crippen LogP contribution in [0, 0.1) is 11.8 Å². The lowest BCUT2D eigenvalue weighted by Gasteiger charge is -2.37. The van der Waals surface area contributed by atoms with Crippen molar-refractivity contribution in [1.82, 2.24) is 9.80 Å². The fourth-order valence-electron chi connectivity index (χ4n) is 5.29. The highest BCUT2D eigenvalue weighted by Crippen LogP contribution is 2.60. The van der Waals surface area contributed by atoms with Gasteiger partial charge >= 0.3 is 5.97 Å². The molecule has 9 heteroatoms. The molecule has 3 aliphatic heterocycles. The number of ether oxygens (including phenoxy) is 1. The molecule has 1 unspecified atom stereocenters. The number of carbonyl (C=O) groups excluding carboxylic acids is 2. The summed E-state index contributed by atoms with van der Waals surface area (Å²) >= 11 is 3.53. The molecule has 0 aromatic carbocycles. The van der Waals surface area contributed by atoms with Crippen LogP contribution in [0.25, 0.3) is 0 Å². The van der Waals surface area contributed by atoms with E-state index in [1.54, 1.807) is 11.0 Å². The zero-order chi connectivity index (χ0) is 22.1. The van der Waals surface area contributed by atoms with E-state index in [4.69, 9.17) is 9.84 Å². The summed E-state index contributed by atoms with van der Waals surface area (Å²) in [5, 5.41) is 19.0. The third-order valence-electron chi connectivity index (χ3n) is 6.56. The lowest BCUT2D eigenvalue weighted by Crippen LogP contribution is -2.57. The molecule has 3 fully saturated rings. The number of alkyl halides is 1. The SMILES string of the molecule is C=CCN(CCCC)C(=O)[C@@H]1N(CCCCO)C(=O)[C@H]2[C@H](C(=O)O)[C@H]3O[C@@]12CC3Br. The van der Waals surface area contributed by atoms with Gasteiger partial charge in [-0.2, -0.15) is 0 Å². The van der Waals surface area contributed by atoms with E-state index >= 15 is 0 Å². The van der Waals surface area contributed by atoms with Gasteiger partial charge in [-0.25, -0.2) is 0 Å². The Labute approximate surface area is 185 Å². The number of carbonyl (C=O) groups is 3. The molecule has 0 saturated carbocycles. The first-order valence-corrected chi connectivity index (χ1v) is 11.6. The first-order chi connectivity index (χ1) is 14.3. The molecule has 3 saturated heterocycles. The zero-order valence-corrected chi connectivity index (χ0v) is 18.9. The van der Waals surface area contributed by atoms with E-state index in [1.807, 2.05) is 6.92 Å². The van der Waals surface area contributed by atoms with Gasteiger partial charge in [0.1, 0.15) is 11.6 Å². The number of hydrogen-bond acceptors (Lipinski definition) is 5. The van der Waals surface area contributed by atoms with Gasteiger partial charge in [-0.3, -0.25) is 14.4 Å². The molecule has 0 aromatic heterocycles. The summed E-state index contributed by atoms with van der Waals surface area (Å²) in [6, 6.07) is -0.861. The minimum absolute atomic E-state index is 0.00585. The lowest BCUT2D eigenvalue weighted by molar-refractivity contribution is -0.150. The predicted molar refractivity (Wildman–Crippen MR) is 113 cm³/mol. The zero-order valence-electron chi connectivity index (χ0n) is 17.3. The molecule has 1 spiro atoms. The van der Waals surface area contributed by atoms with Gasteiger partial charge in [0.05, 0.1) is 17.9 Å². The number of aliphatic hydroxyl groups excluding tert-OH is 1. The Balaban J connectivity index is 1.99.